The van der Waals surface area contributed by atoms with Crippen molar-refractivity contribution in [3.63, 3.8) is 0 Å². The number of aryl methyl sites for hydroxylation is 2. The van der Waals surface area contributed by atoms with E-state index >= 15 is 0 Å². The maximum absolute atomic E-state index is 6.05. The Kier molecular flexibility index (Phi) is 5.33. The molecule has 0 spiro atoms. The molecule has 0 heterocycles. The van der Waals surface area contributed by atoms with E-state index in [-0.39, 0.29) is 0 Å². The summed E-state index contributed by atoms with van der Waals surface area (Å²) in [6.07, 6.45) is 0. The Balaban J connectivity index is 2.60. The summed E-state index contributed by atoms with van der Waals surface area (Å²) in [4.78, 5) is 2.24. The second kappa shape index (κ2) is 7.06. The summed E-state index contributed by atoms with van der Waals surface area (Å²) in [5.41, 5.74) is 8.25. The fraction of sp³-hybridized carbons (Fsp3) is 0.238. The third-order valence-corrected chi connectivity index (χ3v) is 4.41. The van der Waals surface area contributed by atoms with Crippen molar-refractivity contribution >= 4 is 23.0 Å². The van der Waals surface area contributed by atoms with Crippen LogP contribution in [0.25, 0.3) is 5.70 Å². The molecule has 2 aromatic rings. The molecule has 0 aliphatic heterocycles. The molecule has 0 saturated carbocycles. The average Bonchev–Trinajstić information content (AvgIpc) is 2.49. The number of hydrogen-bond donors (Lipinski definition) is 0. The topological polar surface area (TPSA) is 3.24 Å². The molecule has 23 heavy (non-hydrogen) atoms. The molecule has 0 aliphatic rings. The third kappa shape index (κ3) is 3.86. The van der Waals surface area contributed by atoms with Gasteiger partial charge in [-0.1, -0.05) is 53.6 Å². The van der Waals surface area contributed by atoms with Crippen LogP contribution >= 0.6 is 11.6 Å². The molecule has 0 aromatic heterocycles. The van der Waals surface area contributed by atoms with Gasteiger partial charge >= 0.3 is 0 Å². The Labute approximate surface area is 144 Å². The van der Waals surface area contributed by atoms with Gasteiger partial charge in [-0.05, 0) is 62.6 Å². The molecule has 0 saturated heterocycles. The zero-order chi connectivity index (χ0) is 17.1. The molecule has 0 N–H and O–H groups in total. The van der Waals surface area contributed by atoms with Crippen molar-refractivity contribution in [2.75, 3.05) is 11.9 Å². The Morgan fingerprint density at radius 2 is 1.61 bits per heavy atom. The molecule has 2 heteroatoms. The average molecular weight is 326 g/mol. The molecule has 0 fully saturated rings. The highest BCUT2D eigenvalue weighted by Gasteiger charge is 2.15. The molecule has 0 radical (unpaired) electrons. The minimum atomic E-state index is 0.746. The zero-order valence-electron chi connectivity index (χ0n) is 14.6. The molecule has 2 rings (SSSR count). The second-order valence-corrected chi connectivity index (χ2v) is 6.55. The highest BCUT2D eigenvalue weighted by atomic mass is 35.5. The molecular formula is C21H24ClN. The Morgan fingerprint density at radius 1 is 1.00 bits per heavy atom. The van der Waals surface area contributed by atoms with Crippen LogP contribution in [-0.4, -0.2) is 7.05 Å². The standard InChI is InChI=1S/C21H24ClN/c1-14(2)17(5)21(18-8-10-19(22)11-9-18)23(6)20-12-7-15(3)13-16(20)4/h7-13H,1H2,2-6H3/b21-17-. The van der Waals surface area contributed by atoms with E-state index in [2.05, 4.69) is 69.6 Å². The maximum Gasteiger partial charge on any atom is 0.0513 e. The van der Waals surface area contributed by atoms with E-state index in [0.717, 1.165) is 21.9 Å². The van der Waals surface area contributed by atoms with E-state index in [9.17, 15) is 0 Å². The van der Waals surface area contributed by atoms with E-state index in [1.807, 2.05) is 19.1 Å². The fourth-order valence-corrected chi connectivity index (χ4v) is 2.90. The van der Waals surface area contributed by atoms with Crippen molar-refractivity contribution in [3.8, 4) is 0 Å². The lowest BCUT2D eigenvalue weighted by Gasteiger charge is -2.27. The fourth-order valence-electron chi connectivity index (χ4n) is 2.77. The number of nitrogens with zero attached hydrogens (tertiary/aromatic N) is 1. The number of halogens is 1. The van der Waals surface area contributed by atoms with Crippen LogP contribution in [0.5, 0.6) is 0 Å². The predicted octanol–water partition coefficient (Wildman–Crippen LogP) is 6.40. The lowest BCUT2D eigenvalue weighted by atomic mass is 10.0. The van der Waals surface area contributed by atoms with Crippen LogP contribution in [0.15, 0.2) is 60.2 Å². The minimum absolute atomic E-state index is 0.746. The normalized spacial score (nSPS) is 11.9. The number of rotatable bonds is 4. The van der Waals surface area contributed by atoms with Crippen molar-refractivity contribution in [1.29, 1.82) is 0 Å². The quantitative estimate of drug-likeness (QED) is 0.588. The summed E-state index contributed by atoms with van der Waals surface area (Å²) in [5, 5.41) is 0.746. The van der Waals surface area contributed by atoms with Gasteiger partial charge < -0.3 is 4.90 Å². The summed E-state index contributed by atoms with van der Waals surface area (Å²) in [6, 6.07) is 14.5. The summed E-state index contributed by atoms with van der Waals surface area (Å²) >= 11 is 6.05. The van der Waals surface area contributed by atoms with Crippen LogP contribution in [0.2, 0.25) is 5.02 Å². The lowest BCUT2D eigenvalue weighted by Crippen LogP contribution is -2.18. The van der Waals surface area contributed by atoms with Crippen molar-refractivity contribution < 1.29 is 0 Å². The van der Waals surface area contributed by atoms with Crippen molar-refractivity contribution in [1.82, 2.24) is 0 Å². The Hall–Kier alpha value is -1.99. The van der Waals surface area contributed by atoms with E-state index in [1.165, 1.54) is 22.4 Å². The SMILES string of the molecule is C=C(C)/C(C)=C(/c1ccc(Cl)cc1)N(C)c1ccc(C)cc1C. The molecule has 0 aliphatic carbocycles. The van der Waals surface area contributed by atoms with Gasteiger partial charge in [0.25, 0.3) is 0 Å². The van der Waals surface area contributed by atoms with Crippen LogP contribution in [0, 0.1) is 13.8 Å². The van der Waals surface area contributed by atoms with E-state index < -0.39 is 0 Å². The van der Waals surface area contributed by atoms with Gasteiger partial charge in [0.1, 0.15) is 0 Å². The summed E-state index contributed by atoms with van der Waals surface area (Å²) in [6.45, 7) is 12.5. The number of benzene rings is 2. The van der Waals surface area contributed by atoms with Crippen LogP contribution in [0.1, 0.15) is 30.5 Å². The smallest absolute Gasteiger partial charge is 0.0513 e. The van der Waals surface area contributed by atoms with E-state index in [0.29, 0.717) is 0 Å². The molecule has 0 unspecified atom stereocenters. The Bertz CT molecular complexity index is 754. The molecule has 2 aromatic carbocycles. The van der Waals surface area contributed by atoms with E-state index in [1.54, 1.807) is 0 Å². The van der Waals surface area contributed by atoms with Crippen molar-refractivity contribution in [2.24, 2.45) is 0 Å². The van der Waals surface area contributed by atoms with Crippen molar-refractivity contribution in [3.05, 3.63) is 81.9 Å². The largest absolute Gasteiger partial charge is 0.344 e. The number of allylic oxidation sites excluding steroid dienone is 2. The van der Waals surface area contributed by atoms with Gasteiger partial charge in [0.05, 0.1) is 5.70 Å². The Morgan fingerprint density at radius 3 is 2.13 bits per heavy atom. The third-order valence-electron chi connectivity index (χ3n) is 4.16. The van der Waals surface area contributed by atoms with Gasteiger partial charge in [-0.2, -0.15) is 0 Å². The zero-order valence-corrected chi connectivity index (χ0v) is 15.3. The van der Waals surface area contributed by atoms with Gasteiger partial charge in [-0.15, -0.1) is 0 Å². The number of anilines is 1. The number of hydrogen-bond acceptors (Lipinski definition) is 1. The first-order chi connectivity index (χ1) is 10.8. The van der Waals surface area contributed by atoms with Crippen LogP contribution in [0.3, 0.4) is 0 Å². The maximum atomic E-state index is 6.05. The van der Waals surface area contributed by atoms with Crippen LogP contribution < -0.4 is 4.90 Å². The van der Waals surface area contributed by atoms with Crippen molar-refractivity contribution in [2.45, 2.75) is 27.7 Å². The monoisotopic (exact) mass is 325 g/mol. The van der Waals surface area contributed by atoms with Gasteiger partial charge in [0.2, 0.25) is 0 Å². The predicted molar refractivity (Wildman–Crippen MR) is 103 cm³/mol. The van der Waals surface area contributed by atoms with Gasteiger partial charge in [0, 0.05) is 17.8 Å². The molecule has 1 nitrogen and oxygen atoms in total. The molecule has 120 valence electrons. The van der Waals surface area contributed by atoms with Gasteiger partial charge in [-0.25, -0.2) is 0 Å². The van der Waals surface area contributed by atoms with Gasteiger partial charge in [-0.3, -0.25) is 0 Å². The first-order valence-corrected chi connectivity index (χ1v) is 8.12. The van der Waals surface area contributed by atoms with Crippen LogP contribution in [0.4, 0.5) is 5.69 Å². The van der Waals surface area contributed by atoms with Gasteiger partial charge in [0.15, 0.2) is 0 Å². The minimum Gasteiger partial charge on any atom is -0.344 e. The van der Waals surface area contributed by atoms with Crippen LogP contribution in [-0.2, 0) is 0 Å². The van der Waals surface area contributed by atoms with E-state index in [4.69, 9.17) is 11.6 Å². The second-order valence-electron chi connectivity index (χ2n) is 6.11. The highest BCUT2D eigenvalue weighted by molar-refractivity contribution is 6.30. The molecule has 0 bridgehead atoms. The lowest BCUT2D eigenvalue weighted by molar-refractivity contribution is 1.16. The first-order valence-electron chi connectivity index (χ1n) is 7.75. The first kappa shape index (κ1) is 17.4. The summed E-state index contributed by atoms with van der Waals surface area (Å²) < 4.78 is 0. The molecular weight excluding hydrogens is 302 g/mol. The molecule has 0 amide bonds. The highest BCUT2D eigenvalue weighted by Crippen LogP contribution is 2.32. The molecule has 0 atom stereocenters. The summed E-state index contributed by atoms with van der Waals surface area (Å²) in [7, 11) is 2.11. The summed E-state index contributed by atoms with van der Waals surface area (Å²) in [5.74, 6) is 0.